The molecule has 6 heteroatoms. The molecule has 0 saturated carbocycles. The van der Waals surface area contributed by atoms with E-state index in [1.165, 1.54) is 0 Å². The fraction of sp³-hybridized carbons (Fsp3) is 0.167. The summed E-state index contributed by atoms with van der Waals surface area (Å²) in [5.74, 6) is -0.396. The second-order valence-electron chi connectivity index (χ2n) is 6.13. The standard InChI is InChI=1S/C18H17N3O3/c1-4-18(2,3)14-11(10-7-5-6-8-12(10)19-14)9-13-15(22)21-17(24)16(23)20-13/h4-9H,1H2,2-3H3,(H,20,23)(H2,21,22,24)/b11-9+. The molecule has 2 heterocycles. The van der Waals surface area contributed by atoms with Crippen molar-refractivity contribution >= 4 is 23.0 Å². The van der Waals surface area contributed by atoms with Gasteiger partial charge in [-0.3, -0.25) is 19.6 Å². The molecule has 0 bridgehead atoms. The van der Waals surface area contributed by atoms with Crippen molar-refractivity contribution in [1.29, 1.82) is 0 Å². The Morgan fingerprint density at radius 1 is 1.17 bits per heavy atom. The summed E-state index contributed by atoms with van der Waals surface area (Å²) in [7, 11) is 0. The molecule has 2 aromatic rings. The van der Waals surface area contributed by atoms with Crippen LogP contribution in [-0.4, -0.2) is 20.8 Å². The first-order valence-electron chi connectivity index (χ1n) is 7.43. The van der Waals surface area contributed by atoms with Gasteiger partial charge in [0.25, 0.3) is 0 Å². The Bertz CT molecular complexity index is 1010. The normalized spacial score (nSPS) is 15.2. The number of nitrogens with one attached hydrogen (secondary N) is 2. The van der Waals surface area contributed by atoms with Crippen LogP contribution in [0.3, 0.4) is 0 Å². The zero-order chi connectivity index (χ0) is 17.5. The maximum atomic E-state index is 11.6. The first-order chi connectivity index (χ1) is 11.3. The van der Waals surface area contributed by atoms with Crippen molar-refractivity contribution in [1.82, 2.24) is 9.97 Å². The lowest BCUT2D eigenvalue weighted by Crippen LogP contribution is -2.29. The number of para-hydroxylation sites is 1. The molecule has 6 nitrogen and oxygen atoms in total. The highest BCUT2D eigenvalue weighted by molar-refractivity contribution is 6.34. The smallest absolute Gasteiger partial charge is 0.316 e. The lowest BCUT2D eigenvalue weighted by atomic mass is 9.82. The number of H-pyrrole nitrogens is 2. The van der Waals surface area contributed by atoms with Gasteiger partial charge in [-0.15, -0.1) is 6.58 Å². The number of nitrogens with zero attached hydrogens (tertiary/aromatic N) is 1. The van der Waals surface area contributed by atoms with Gasteiger partial charge in [0.1, 0.15) is 5.69 Å². The van der Waals surface area contributed by atoms with Crippen molar-refractivity contribution in [3.05, 3.63) is 68.9 Å². The van der Waals surface area contributed by atoms with E-state index in [2.05, 4.69) is 21.5 Å². The van der Waals surface area contributed by atoms with Crippen molar-refractivity contribution in [2.75, 3.05) is 0 Å². The number of aromatic nitrogens is 2. The average Bonchev–Trinajstić information content (AvgIpc) is 2.92. The Balaban J connectivity index is 2.26. The minimum absolute atomic E-state index is 0.124. The van der Waals surface area contributed by atoms with Gasteiger partial charge in [0.2, 0.25) is 5.88 Å². The van der Waals surface area contributed by atoms with Crippen molar-refractivity contribution in [2.45, 2.75) is 13.8 Å². The van der Waals surface area contributed by atoms with E-state index in [0.717, 1.165) is 22.5 Å². The number of hydrogen-bond acceptors (Lipinski definition) is 4. The minimum atomic E-state index is -0.901. The van der Waals surface area contributed by atoms with Crippen LogP contribution in [0.15, 0.2) is 51.5 Å². The second kappa shape index (κ2) is 5.49. The average molecular weight is 323 g/mol. The Hall–Kier alpha value is -3.15. The Morgan fingerprint density at radius 2 is 1.83 bits per heavy atom. The molecule has 1 aromatic carbocycles. The zero-order valence-corrected chi connectivity index (χ0v) is 13.4. The number of allylic oxidation sites excluding steroid dienone is 2. The molecule has 0 aliphatic carbocycles. The molecule has 3 rings (SSSR count). The molecule has 0 fully saturated rings. The number of benzene rings is 1. The van der Waals surface area contributed by atoms with Gasteiger partial charge in [0.05, 0.1) is 11.4 Å². The van der Waals surface area contributed by atoms with Gasteiger partial charge in [-0.2, -0.15) is 0 Å². The third-order valence-electron chi connectivity index (χ3n) is 4.03. The summed E-state index contributed by atoms with van der Waals surface area (Å²) < 4.78 is 0. The monoisotopic (exact) mass is 323 g/mol. The Labute approximate surface area is 137 Å². The van der Waals surface area contributed by atoms with Crippen LogP contribution in [0.25, 0.3) is 11.6 Å². The Morgan fingerprint density at radius 3 is 2.54 bits per heavy atom. The SMILES string of the molecule is C=CC(C)(C)C1=Nc2ccccc2/C1=C\c1[nH]c(=O)c(=O)[nH]c1O. The van der Waals surface area contributed by atoms with Gasteiger partial charge in [-0.25, -0.2) is 0 Å². The fourth-order valence-electron chi connectivity index (χ4n) is 2.56. The second-order valence-corrected chi connectivity index (χ2v) is 6.13. The van der Waals surface area contributed by atoms with E-state index in [1.54, 1.807) is 12.2 Å². The van der Waals surface area contributed by atoms with Crippen LogP contribution in [0, 0.1) is 5.41 Å². The molecule has 24 heavy (non-hydrogen) atoms. The highest BCUT2D eigenvalue weighted by Crippen LogP contribution is 2.42. The van der Waals surface area contributed by atoms with E-state index < -0.39 is 22.4 Å². The van der Waals surface area contributed by atoms with Crippen LogP contribution >= 0.6 is 0 Å². The fourth-order valence-corrected chi connectivity index (χ4v) is 2.56. The molecule has 0 amide bonds. The summed E-state index contributed by atoms with van der Waals surface area (Å²) in [5.41, 5.74) is 1.20. The van der Waals surface area contributed by atoms with Crippen LogP contribution in [0.5, 0.6) is 5.88 Å². The highest BCUT2D eigenvalue weighted by atomic mass is 16.3. The quantitative estimate of drug-likeness (QED) is 0.598. The van der Waals surface area contributed by atoms with Gasteiger partial charge >= 0.3 is 11.1 Å². The maximum Gasteiger partial charge on any atom is 0.316 e. The van der Waals surface area contributed by atoms with Gasteiger partial charge in [-0.1, -0.05) is 38.1 Å². The van der Waals surface area contributed by atoms with Crippen molar-refractivity contribution in [3.63, 3.8) is 0 Å². The molecule has 0 atom stereocenters. The molecule has 3 N–H and O–H groups in total. The van der Waals surface area contributed by atoms with E-state index >= 15 is 0 Å². The van der Waals surface area contributed by atoms with E-state index in [0.29, 0.717) is 0 Å². The van der Waals surface area contributed by atoms with Gasteiger partial charge in [0, 0.05) is 16.6 Å². The van der Waals surface area contributed by atoms with Crippen molar-refractivity contribution < 1.29 is 5.11 Å². The Kier molecular flexibility index (Phi) is 3.60. The maximum absolute atomic E-state index is 11.6. The van der Waals surface area contributed by atoms with Gasteiger partial charge in [0.15, 0.2) is 0 Å². The molecule has 1 aliphatic heterocycles. The molecular weight excluding hydrogens is 306 g/mol. The van der Waals surface area contributed by atoms with Crippen LogP contribution in [0.4, 0.5) is 5.69 Å². The van der Waals surface area contributed by atoms with E-state index in [9.17, 15) is 14.7 Å². The molecule has 0 saturated heterocycles. The molecule has 1 aliphatic rings. The summed E-state index contributed by atoms with van der Waals surface area (Å²) >= 11 is 0. The number of aliphatic imine (C=N–C) groups is 1. The van der Waals surface area contributed by atoms with Crippen LogP contribution in [-0.2, 0) is 0 Å². The van der Waals surface area contributed by atoms with Crippen molar-refractivity contribution in [2.24, 2.45) is 10.4 Å². The molecule has 122 valence electrons. The van der Waals surface area contributed by atoms with E-state index in [-0.39, 0.29) is 5.69 Å². The zero-order valence-electron chi connectivity index (χ0n) is 13.4. The molecule has 0 spiro atoms. The first kappa shape index (κ1) is 15.7. The predicted molar refractivity (Wildman–Crippen MR) is 94.7 cm³/mol. The third-order valence-corrected chi connectivity index (χ3v) is 4.03. The number of rotatable bonds is 3. The van der Waals surface area contributed by atoms with E-state index in [1.807, 2.05) is 38.1 Å². The van der Waals surface area contributed by atoms with Gasteiger partial charge < -0.3 is 10.1 Å². The number of fused-ring (bicyclic) bond motifs is 1. The van der Waals surface area contributed by atoms with Crippen LogP contribution < -0.4 is 11.1 Å². The lowest BCUT2D eigenvalue weighted by molar-refractivity contribution is 0.446. The number of aromatic hydroxyl groups is 1. The lowest BCUT2D eigenvalue weighted by Gasteiger charge is -2.21. The van der Waals surface area contributed by atoms with Crippen LogP contribution in [0.1, 0.15) is 25.1 Å². The number of aromatic amines is 2. The number of hydrogen-bond donors (Lipinski definition) is 3. The summed E-state index contributed by atoms with van der Waals surface area (Å²) in [6.45, 7) is 7.82. The van der Waals surface area contributed by atoms with Crippen LogP contribution in [0.2, 0.25) is 0 Å². The highest BCUT2D eigenvalue weighted by Gasteiger charge is 2.31. The molecule has 0 unspecified atom stereocenters. The topological polar surface area (TPSA) is 98.3 Å². The molecular formula is C18H17N3O3. The summed E-state index contributed by atoms with van der Waals surface area (Å²) in [6, 6.07) is 7.59. The summed E-state index contributed by atoms with van der Waals surface area (Å²) in [5, 5.41) is 9.94. The van der Waals surface area contributed by atoms with E-state index in [4.69, 9.17) is 0 Å². The van der Waals surface area contributed by atoms with Crippen molar-refractivity contribution in [3.8, 4) is 5.88 Å². The van der Waals surface area contributed by atoms with Gasteiger partial charge in [-0.05, 0) is 12.1 Å². The summed E-state index contributed by atoms with van der Waals surface area (Å²) in [6.07, 6.45) is 3.41. The molecule has 1 aromatic heterocycles. The summed E-state index contributed by atoms with van der Waals surface area (Å²) in [4.78, 5) is 32.0. The first-order valence-corrected chi connectivity index (χ1v) is 7.43. The largest absolute Gasteiger partial charge is 0.493 e. The predicted octanol–water partition coefficient (Wildman–Crippen LogP) is 2.61. The minimum Gasteiger partial charge on any atom is -0.493 e. The molecule has 0 radical (unpaired) electrons. The third kappa shape index (κ3) is 2.52.